The van der Waals surface area contributed by atoms with Crippen molar-refractivity contribution < 1.29 is 14.5 Å². The van der Waals surface area contributed by atoms with E-state index in [1.807, 2.05) is 37.3 Å². The number of esters is 1. The molecule has 0 amide bonds. The third-order valence-corrected chi connectivity index (χ3v) is 3.40. The summed E-state index contributed by atoms with van der Waals surface area (Å²) in [5.41, 5.74) is 1.49. The van der Waals surface area contributed by atoms with Crippen LogP contribution in [0.5, 0.6) is 0 Å². The number of hydrogen-bond acceptors (Lipinski definition) is 4. The minimum absolute atomic E-state index is 0.0215. The number of nitrogens with zero attached hydrogens (tertiary/aromatic N) is 1. The minimum Gasteiger partial charge on any atom is -0.460 e. The van der Waals surface area contributed by atoms with Crippen molar-refractivity contribution in [2.45, 2.75) is 25.9 Å². The van der Waals surface area contributed by atoms with Crippen molar-refractivity contribution in [3.63, 3.8) is 0 Å². The molecule has 5 nitrogen and oxygen atoms in total. The molecule has 1 unspecified atom stereocenters. The number of non-ortho nitro benzene ring substituents is 1. The zero-order chi connectivity index (χ0) is 15.9. The second-order valence-electron chi connectivity index (χ2n) is 4.91. The molecule has 0 aliphatic heterocycles. The van der Waals surface area contributed by atoms with E-state index in [1.165, 1.54) is 12.1 Å². The van der Waals surface area contributed by atoms with E-state index in [0.717, 1.165) is 5.56 Å². The lowest BCUT2D eigenvalue weighted by Gasteiger charge is -2.14. The topological polar surface area (TPSA) is 69.4 Å². The minimum atomic E-state index is -0.497. The lowest BCUT2D eigenvalue weighted by Crippen LogP contribution is -2.15. The summed E-state index contributed by atoms with van der Waals surface area (Å²) in [6.07, 6.45) is 0.523. The quantitative estimate of drug-likeness (QED) is 0.462. The Hall–Kier alpha value is -2.69. The smallest absolute Gasteiger partial charge is 0.313 e. The van der Waals surface area contributed by atoms with Gasteiger partial charge in [0, 0.05) is 12.1 Å². The molecule has 0 heterocycles. The van der Waals surface area contributed by atoms with Gasteiger partial charge < -0.3 is 4.74 Å². The van der Waals surface area contributed by atoms with Gasteiger partial charge in [-0.05, 0) is 17.5 Å². The maximum atomic E-state index is 12.2. The van der Waals surface area contributed by atoms with Crippen LogP contribution in [0.25, 0.3) is 0 Å². The lowest BCUT2D eigenvalue weighted by molar-refractivity contribution is -0.384. The van der Waals surface area contributed by atoms with Crippen molar-refractivity contribution in [1.82, 2.24) is 0 Å². The number of carbonyl (C=O) groups is 1. The van der Waals surface area contributed by atoms with E-state index in [0.29, 0.717) is 12.0 Å². The summed E-state index contributed by atoms with van der Waals surface area (Å²) in [5.74, 6) is -0.865. The molecule has 0 N–H and O–H groups in total. The van der Waals surface area contributed by atoms with Gasteiger partial charge in [0.15, 0.2) is 0 Å². The summed E-state index contributed by atoms with van der Waals surface area (Å²) < 4.78 is 5.33. The highest BCUT2D eigenvalue weighted by atomic mass is 16.6. The van der Waals surface area contributed by atoms with Crippen LogP contribution in [-0.2, 0) is 16.1 Å². The molecule has 0 bridgehead atoms. The van der Waals surface area contributed by atoms with Crippen LogP contribution in [0.4, 0.5) is 5.69 Å². The number of carbonyl (C=O) groups excluding carboxylic acids is 1. The number of hydrogen-bond donors (Lipinski definition) is 0. The largest absolute Gasteiger partial charge is 0.460 e. The summed E-state index contributed by atoms with van der Waals surface area (Å²) in [6, 6.07) is 15.5. The zero-order valence-corrected chi connectivity index (χ0v) is 12.3. The normalized spacial score (nSPS) is 11.7. The monoisotopic (exact) mass is 299 g/mol. The van der Waals surface area contributed by atoms with Gasteiger partial charge in [0.05, 0.1) is 10.8 Å². The maximum absolute atomic E-state index is 12.2. The molecule has 22 heavy (non-hydrogen) atoms. The van der Waals surface area contributed by atoms with Gasteiger partial charge in [0.2, 0.25) is 0 Å². The van der Waals surface area contributed by atoms with Gasteiger partial charge in [-0.1, -0.05) is 49.4 Å². The number of ether oxygens (including phenoxy) is 1. The first-order valence-electron chi connectivity index (χ1n) is 7.06. The number of benzene rings is 2. The van der Waals surface area contributed by atoms with Gasteiger partial charge in [-0.2, -0.15) is 0 Å². The Labute approximate surface area is 128 Å². The van der Waals surface area contributed by atoms with Gasteiger partial charge in [-0.3, -0.25) is 14.9 Å². The molecule has 1 atom stereocenters. The molecule has 114 valence electrons. The molecule has 0 spiro atoms. The Morgan fingerprint density at radius 3 is 2.55 bits per heavy atom. The van der Waals surface area contributed by atoms with Crippen molar-refractivity contribution in [3.8, 4) is 0 Å². The highest BCUT2D eigenvalue weighted by molar-refractivity contribution is 5.78. The third kappa shape index (κ3) is 3.91. The van der Waals surface area contributed by atoms with E-state index < -0.39 is 10.8 Å². The van der Waals surface area contributed by atoms with Crippen LogP contribution < -0.4 is 0 Å². The van der Waals surface area contributed by atoms with Crippen molar-refractivity contribution in [2.24, 2.45) is 0 Å². The summed E-state index contributed by atoms with van der Waals surface area (Å²) in [4.78, 5) is 22.6. The summed E-state index contributed by atoms with van der Waals surface area (Å²) in [5, 5.41) is 10.8. The Bertz CT molecular complexity index is 655. The molecule has 2 aromatic carbocycles. The zero-order valence-electron chi connectivity index (χ0n) is 12.3. The van der Waals surface area contributed by atoms with Gasteiger partial charge in [-0.25, -0.2) is 0 Å². The standard InChI is InChI=1S/C17H17NO4/c1-2-16(14-9-6-10-15(11-14)18(20)21)17(19)22-12-13-7-4-3-5-8-13/h3-11,16H,2,12H2,1H3. The molecule has 0 aliphatic rings. The highest BCUT2D eigenvalue weighted by Crippen LogP contribution is 2.25. The number of nitro benzene ring substituents is 1. The molecule has 0 saturated carbocycles. The van der Waals surface area contributed by atoms with Crippen LogP contribution in [0, 0.1) is 10.1 Å². The van der Waals surface area contributed by atoms with E-state index in [4.69, 9.17) is 4.74 Å². The molecule has 0 radical (unpaired) electrons. The van der Waals surface area contributed by atoms with Crippen LogP contribution in [0.1, 0.15) is 30.4 Å². The molecule has 2 rings (SSSR count). The molecule has 0 aromatic heterocycles. The summed E-state index contributed by atoms with van der Waals surface area (Å²) in [7, 11) is 0. The fourth-order valence-corrected chi connectivity index (χ4v) is 2.22. The van der Waals surface area contributed by atoms with Crippen LogP contribution in [0.3, 0.4) is 0 Å². The van der Waals surface area contributed by atoms with E-state index in [1.54, 1.807) is 12.1 Å². The van der Waals surface area contributed by atoms with Crippen molar-refractivity contribution in [2.75, 3.05) is 0 Å². The van der Waals surface area contributed by atoms with Crippen LogP contribution >= 0.6 is 0 Å². The molecule has 0 aliphatic carbocycles. The summed E-state index contributed by atoms with van der Waals surface area (Å²) in [6.45, 7) is 2.05. The predicted molar refractivity (Wildman–Crippen MR) is 82.4 cm³/mol. The van der Waals surface area contributed by atoms with Gasteiger partial charge >= 0.3 is 5.97 Å². The van der Waals surface area contributed by atoms with E-state index in [-0.39, 0.29) is 18.3 Å². The molecular formula is C17H17NO4. The van der Waals surface area contributed by atoms with Crippen molar-refractivity contribution >= 4 is 11.7 Å². The average molecular weight is 299 g/mol. The fourth-order valence-electron chi connectivity index (χ4n) is 2.22. The average Bonchev–Trinajstić information content (AvgIpc) is 2.55. The van der Waals surface area contributed by atoms with Gasteiger partial charge in [0.1, 0.15) is 6.61 Å². The van der Waals surface area contributed by atoms with Crippen LogP contribution in [0.15, 0.2) is 54.6 Å². The molecular weight excluding hydrogens is 282 g/mol. The van der Waals surface area contributed by atoms with Gasteiger partial charge in [0.25, 0.3) is 5.69 Å². The Balaban J connectivity index is 2.08. The first-order chi connectivity index (χ1) is 10.6. The predicted octanol–water partition coefficient (Wildman–Crippen LogP) is 3.83. The van der Waals surface area contributed by atoms with Crippen molar-refractivity contribution in [3.05, 3.63) is 75.8 Å². The molecule has 5 heteroatoms. The SMILES string of the molecule is CCC(C(=O)OCc1ccccc1)c1cccc([N+](=O)[O-])c1. The second-order valence-corrected chi connectivity index (χ2v) is 4.91. The van der Waals surface area contributed by atoms with E-state index in [2.05, 4.69) is 0 Å². The molecule has 0 fully saturated rings. The molecule has 0 saturated heterocycles. The number of rotatable bonds is 6. The Morgan fingerprint density at radius 1 is 1.18 bits per heavy atom. The Morgan fingerprint density at radius 2 is 1.91 bits per heavy atom. The Kier molecular flexibility index (Phi) is 5.25. The maximum Gasteiger partial charge on any atom is 0.313 e. The van der Waals surface area contributed by atoms with Crippen LogP contribution in [0.2, 0.25) is 0 Å². The number of nitro groups is 1. The van der Waals surface area contributed by atoms with E-state index >= 15 is 0 Å². The third-order valence-electron chi connectivity index (χ3n) is 3.40. The highest BCUT2D eigenvalue weighted by Gasteiger charge is 2.22. The summed E-state index contributed by atoms with van der Waals surface area (Å²) >= 11 is 0. The van der Waals surface area contributed by atoms with E-state index in [9.17, 15) is 14.9 Å². The first kappa shape index (κ1) is 15.7. The first-order valence-corrected chi connectivity index (χ1v) is 7.06. The lowest BCUT2D eigenvalue weighted by atomic mass is 9.96. The van der Waals surface area contributed by atoms with Gasteiger partial charge in [-0.15, -0.1) is 0 Å². The van der Waals surface area contributed by atoms with Crippen molar-refractivity contribution in [1.29, 1.82) is 0 Å². The molecule has 2 aromatic rings. The second kappa shape index (κ2) is 7.36. The van der Waals surface area contributed by atoms with Crippen LogP contribution in [-0.4, -0.2) is 10.9 Å². The fraction of sp³-hybridized carbons (Fsp3) is 0.235.